The van der Waals surface area contributed by atoms with E-state index in [2.05, 4.69) is 15.3 Å². The maximum Gasteiger partial charge on any atom is 0.453 e. The maximum absolute atomic E-state index is 13.1. The molecule has 0 bridgehead atoms. The van der Waals surface area contributed by atoms with E-state index in [-0.39, 0.29) is 17.5 Å². The van der Waals surface area contributed by atoms with Crippen LogP contribution in [0.25, 0.3) is 0 Å². The first-order valence-electron chi connectivity index (χ1n) is 8.14. The van der Waals surface area contributed by atoms with E-state index >= 15 is 0 Å². The van der Waals surface area contributed by atoms with Crippen LogP contribution in [0.4, 0.5) is 13.2 Å². The van der Waals surface area contributed by atoms with Crippen molar-refractivity contribution in [2.45, 2.75) is 24.9 Å². The molecule has 0 saturated carbocycles. The van der Waals surface area contributed by atoms with Gasteiger partial charge in [-0.15, -0.1) is 10.2 Å². The van der Waals surface area contributed by atoms with Gasteiger partial charge >= 0.3 is 6.18 Å². The average Bonchev–Trinajstić information content (AvgIpc) is 3.26. The van der Waals surface area contributed by atoms with Crippen molar-refractivity contribution < 1.29 is 22.3 Å². The van der Waals surface area contributed by atoms with Crippen molar-refractivity contribution >= 4 is 41.2 Å². The molecule has 2 aromatic heterocycles. The Hall–Kier alpha value is -2.17. The minimum Gasteiger partial charge on any atom is -0.484 e. The molecule has 1 aromatic carbocycles. The van der Waals surface area contributed by atoms with Crippen molar-refractivity contribution in [3.8, 4) is 5.75 Å². The minimum atomic E-state index is -4.68. The normalized spacial score (nSPS) is 12.1. The highest BCUT2D eigenvalue weighted by atomic mass is 35.5. The Kier molecular flexibility index (Phi) is 6.76. The van der Waals surface area contributed by atoms with Crippen LogP contribution in [-0.4, -0.2) is 26.8 Å². The summed E-state index contributed by atoms with van der Waals surface area (Å²) >= 11 is 12.9. The highest BCUT2D eigenvalue weighted by Gasteiger charge is 2.38. The van der Waals surface area contributed by atoms with Crippen LogP contribution in [0.1, 0.15) is 24.3 Å². The zero-order valence-electron chi connectivity index (χ0n) is 14.8. The van der Waals surface area contributed by atoms with Gasteiger partial charge in [0.15, 0.2) is 0 Å². The number of nitrogens with zero attached hydrogens (tertiary/aromatic N) is 4. The van der Waals surface area contributed by atoms with Crippen molar-refractivity contribution in [2.75, 3.05) is 5.75 Å². The fourth-order valence-electron chi connectivity index (χ4n) is 2.16. The molecule has 0 amide bonds. The summed E-state index contributed by atoms with van der Waals surface area (Å²) in [5.41, 5.74) is 0. The van der Waals surface area contributed by atoms with E-state index in [9.17, 15) is 13.2 Å². The third-order valence-corrected chi connectivity index (χ3v) is 4.72. The largest absolute Gasteiger partial charge is 0.484 e. The topological polar surface area (TPSA) is 65.4 Å². The third kappa shape index (κ3) is 5.46. The smallest absolute Gasteiger partial charge is 0.453 e. The molecule has 12 heteroatoms. The standard InChI is InChI=1S/C17H13Cl2F3N4O2S/c1-2-29-16-25-24-15(17(20,21)22)26(16)23-8-11-4-5-12(28-11)9-27-14-6-3-10(18)7-13(14)19/h3-8H,2,9H2,1H3/b23-8-. The summed E-state index contributed by atoms with van der Waals surface area (Å²) in [7, 11) is 0. The van der Waals surface area contributed by atoms with Crippen LogP contribution in [0.2, 0.25) is 10.0 Å². The summed E-state index contributed by atoms with van der Waals surface area (Å²) in [6.07, 6.45) is -3.53. The lowest BCUT2D eigenvalue weighted by Gasteiger charge is -2.06. The number of thioether (sulfide) groups is 1. The van der Waals surface area contributed by atoms with Crippen molar-refractivity contribution in [1.82, 2.24) is 14.9 Å². The van der Waals surface area contributed by atoms with E-state index in [0.29, 0.717) is 32.0 Å². The van der Waals surface area contributed by atoms with E-state index in [4.69, 9.17) is 32.4 Å². The molecule has 0 radical (unpaired) electrons. The summed E-state index contributed by atoms with van der Waals surface area (Å²) in [6, 6.07) is 7.96. The summed E-state index contributed by atoms with van der Waals surface area (Å²) < 4.78 is 51.0. The summed E-state index contributed by atoms with van der Waals surface area (Å²) in [4.78, 5) is 0. The zero-order chi connectivity index (χ0) is 21.0. The molecule has 0 fully saturated rings. The second-order valence-corrected chi connectivity index (χ2v) is 7.54. The van der Waals surface area contributed by atoms with Crippen LogP contribution in [0.5, 0.6) is 5.75 Å². The molecule has 2 heterocycles. The molecule has 6 nitrogen and oxygen atoms in total. The van der Waals surface area contributed by atoms with E-state index in [1.54, 1.807) is 37.3 Å². The van der Waals surface area contributed by atoms with Gasteiger partial charge in [-0.3, -0.25) is 0 Å². The molecule has 29 heavy (non-hydrogen) atoms. The molecule has 0 atom stereocenters. The Morgan fingerprint density at radius 3 is 2.72 bits per heavy atom. The van der Waals surface area contributed by atoms with Gasteiger partial charge in [0.2, 0.25) is 5.16 Å². The Bertz CT molecular complexity index is 1020. The van der Waals surface area contributed by atoms with Crippen molar-refractivity contribution in [2.24, 2.45) is 5.10 Å². The molecular weight excluding hydrogens is 452 g/mol. The van der Waals surface area contributed by atoms with Crippen molar-refractivity contribution in [3.05, 3.63) is 57.7 Å². The highest BCUT2D eigenvalue weighted by Crippen LogP contribution is 2.31. The lowest BCUT2D eigenvalue weighted by Crippen LogP contribution is -2.13. The number of ether oxygens (including phenoxy) is 1. The third-order valence-electron chi connectivity index (χ3n) is 3.39. The Morgan fingerprint density at radius 2 is 2.03 bits per heavy atom. The SMILES string of the molecule is CCSc1nnc(C(F)(F)F)n1/N=C\c1ccc(COc2ccc(Cl)cc2Cl)o1. The molecule has 0 N–H and O–H groups in total. The van der Waals surface area contributed by atoms with E-state index < -0.39 is 12.0 Å². The summed E-state index contributed by atoms with van der Waals surface area (Å²) in [5.74, 6) is 0.391. The number of rotatable bonds is 7. The molecule has 3 rings (SSSR count). The second-order valence-electron chi connectivity index (χ2n) is 5.46. The van der Waals surface area contributed by atoms with E-state index in [1.165, 1.54) is 0 Å². The van der Waals surface area contributed by atoms with Crippen molar-refractivity contribution in [1.29, 1.82) is 0 Å². The van der Waals surface area contributed by atoms with Gasteiger partial charge in [-0.1, -0.05) is 41.9 Å². The second kappa shape index (κ2) is 9.10. The lowest BCUT2D eigenvalue weighted by molar-refractivity contribution is -0.147. The quantitative estimate of drug-likeness (QED) is 0.328. The van der Waals surface area contributed by atoms with Gasteiger partial charge in [0.25, 0.3) is 5.82 Å². The van der Waals surface area contributed by atoms with E-state index in [0.717, 1.165) is 18.0 Å². The minimum absolute atomic E-state index is 0.0311. The first-order valence-corrected chi connectivity index (χ1v) is 9.88. The van der Waals surface area contributed by atoms with Crippen molar-refractivity contribution in [3.63, 3.8) is 0 Å². The number of alkyl halides is 3. The molecular formula is C17H13Cl2F3N4O2S. The summed E-state index contributed by atoms with van der Waals surface area (Å²) in [6.45, 7) is 1.85. The monoisotopic (exact) mass is 464 g/mol. The maximum atomic E-state index is 13.1. The fourth-order valence-corrected chi connectivity index (χ4v) is 3.24. The molecule has 0 spiro atoms. The van der Waals surface area contributed by atoms with Gasteiger partial charge in [-0.2, -0.15) is 22.9 Å². The Labute approximate surface area is 177 Å². The predicted octanol–water partition coefficient (Wildman–Crippen LogP) is 5.77. The van der Waals surface area contributed by atoms with Gasteiger partial charge < -0.3 is 9.15 Å². The molecule has 0 saturated heterocycles. The molecule has 3 aromatic rings. The first kappa shape index (κ1) is 21.5. The molecule has 0 aliphatic carbocycles. The number of hydrogen-bond acceptors (Lipinski definition) is 6. The van der Waals surface area contributed by atoms with Crippen LogP contribution in [0.15, 0.2) is 45.0 Å². The molecule has 0 unspecified atom stereocenters. The average molecular weight is 465 g/mol. The number of aromatic nitrogens is 3. The van der Waals surface area contributed by atoms with Crippen LogP contribution < -0.4 is 4.74 Å². The first-order chi connectivity index (χ1) is 13.8. The van der Waals surface area contributed by atoms with Gasteiger partial charge in [-0.25, -0.2) is 0 Å². The van der Waals surface area contributed by atoms with Gasteiger partial charge in [0.1, 0.15) is 23.9 Å². The lowest BCUT2D eigenvalue weighted by atomic mass is 10.3. The van der Waals surface area contributed by atoms with Gasteiger partial charge in [-0.05, 0) is 36.1 Å². The highest BCUT2D eigenvalue weighted by molar-refractivity contribution is 7.99. The number of benzene rings is 1. The fraction of sp³-hybridized carbons (Fsp3) is 0.235. The van der Waals surface area contributed by atoms with Crippen LogP contribution in [0.3, 0.4) is 0 Å². The van der Waals surface area contributed by atoms with Gasteiger partial charge in [0.05, 0.1) is 11.2 Å². The number of hydrogen-bond donors (Lipinski definition) is 0. The number of furan rings is 1. The van der Waals surface area contributed by atoms with Gasteiger partial charge in [0, 0.05) is 5.02 Å². The Balaban J connectivity index is 1.73. The molecule has 0 aliphatic rings. The Morgan fingerprint density at radius 1 is 1.24 bits per heavy atom. The predicted molar refractivity (Wildman–Crippen MR) is 104 cm³/mol. The van der Waals surface area contributed by atoms with Crippen LogP contribution >= 0.6 is 35.0 Å². The van der Waals surface area contributed by atoms with Crippen LogP contribution in [0, 0.1) is 0 Å². The number of halogens is 5. The molecule has 154 valence electrons. The van der Waals surface area contributed by atoms with Crippen LogP contribution in [-0.2, 0) is 12.8 Å². The molecule has 0 aliphatic heterocycles. The zero-order valence-corrected chi connectivity index (χ0v) is 17.1. The van der Waals surface area contributed by atoms with E-state index in [1.807, 2.05) is 0 Å². The summed E-state index contributed by atoms with van der Waals surface area (Å²) in [5, 5.41) is 11.4.